The molecule has 0 radical (unpaired) electrons. The molecule has 0 aromatic carbocycles. The molecular weight excluding hydrogens is 264 g/mol. The molecule has 0 amide bonds. The molecule has 0 aliphatic heterocycles. The number of nitrogens with one attached hydrogen (secondary N) is 1. The van der Waals surface area contributed by atoms with Crippen molar-refractivity contribution in [2.75, 3.05) is 5.32 Å². The van der Waals surface area contributed by atoms with Crippen LogP contribution in [0.2, 0.25) is 5.28 Å². The monoisotopic (exact) mass is 280 g/mol. The lowest BCUT2D eigenvalue weighted by atomic mass is 9.88. The molecule has 7 heteroatoms. The van der Waals surface area contributed by atoms with Crippen LogP contribution < -0.4 is 5.32 Å². The van der Waals surface area contributed by atoms with Crippen LogP contribution in [0.3, 0.4) is 0 Å². The van der Waals surface area contributed by atoms with Crippen LogP contribution in [0.1, 0.15) is 27.7 Å². The lowest BCUT2D eigenvalue weighted by Gasteiger charge is -2.28. The second-order valence-corrected chi connectivity index (χ2v) is 5.77. The third-order valence-electron chi connectivity index (χ3n) is 2.98. The van der Waals surface area contributed by atoms with Crippen molar-refractivity contribution in [3.8, 4) is 5.95 Å². The first-order valence-corrected chi connectivity index (χ1v) is 6.40. The number of anilines is 1. The van der Waals surface area contributed by atoms with Gasteiger partial charge in [0.1, 0.15) is 6.33 Å². The molecule has 0 spiro atoms. The van der Waals surface area contributed by atoms with Crippen LogP contribution >= 0.6 is 11.6 Å². The summed E-state index contributed by atoms with van der Waals surface area (Å²) in [6.07, 6.45) is 5.02. The lowest BCUT2D eigenvalue weighted by molar-refractivity contribution is 0.358. The molecular formula is C12H17ClN6. The molecule has 0 bridgehead atoms. The predicted octanol–water partition coefficient (Wildman–Crippen LogP) is 2.56. The zero-order valence-corrected chi connectivity index (χ0v) is 12.2. The van der Waals surface area contributed by atoms with E-state index in [0.29, 0.717) is 11.9 Å². The molecule has 19 heavy (non-hydrogen) atoms. The van der Waals surface area contributed by atoms with Gasteiger partial charge in [-0.3, -0.25) is 4.57 Å². The lowest BCUT2D eigenvalue weighted by Crippen LogP contribution is -2.31. The average molecular weight is 281 g/mol. The van der Waals surface area contributed by atoms with Gasteiger partial charge in [0.05, 0.1) is 0 Å². The minimum absolute atomic E-state index is 0.0915. The Kier molecular flexibility index (Phi) is 3.71. The Morgan fingerprint density at radius 3 is 2.58 bits per heavy atom. The van der Waals surface area contributed by atoms with Crippen LogP contribution in [0, 0.1) is 5.41 Å². The highest BCUT2D eigenvalue weighted by molar-refractivity contribution is 6.28. The van der Waals surface area contributed by atoms with Gasteiger partial charge in [0, 0.05) is 18.4 Å². The van der Waals surface area contributed by atoms with Crippen LogP contribution in [0.5, 0.6) is 0 Å². The highest BCUT2D eigenvalue weighted by atomic mass is 35.5. The van der Waals surface area contributed by atoms with Crippen molar-refractivity contribution in [1.82, 2.24) is 24.5 Å². The van der Waals surface area contributed by atoms with Crippen LogP contribution in [0.25, 0.3) is 5.95 Å². The SMILES string of the molecule is CC(Nc1nc(Cl)nc(-n2ccnc2)n1)C(C)(C)C. The van der Waals surface area contributed by atoms with E-state index in [-0.39, 0.29) is 16.7 Å². The number of aromatic nitrogens is 5. The first-order chi connectivity index (χ1) is 8.86. The van der Waals surface area contributed by atoms with E-state index in [4.69, 9.17) is 11.6 Å². The Morgan fingerprint density at radius 2 is 2.00 bits per heavy atom. The molecule has 2 rings (SSSR count). The van der Waals surface area contributed by atoms with E-state index >= 15 is 0 Å². The van der Waals surface area contributed by atoms with Crippen molar-refractivity contribution < 1.29 is 0 Å². The third kappa shape index (κ3) is 3.41. The Morgan fingerprint density at radius 1 is 1.26 bits per heavy atom. The summed E-state index contributed by atoms with van der Waals surface area (Å²) in [4.78, 5) is 16.5. The molecule has 2 heterocycles. The number of hydrogen-bond donors (Lipinski definition) is 1. The number of imidazole rings is 1. The van der Waals surface area contributed by atoms with Gasteiger partial charge in [-0.1, -0.05) is 20.8 Å². The first-order valence-electron chi connectivity index (χ1n) is 6.03. The Hall–Kier alpha value is -1.69. The van der Waals surface area contributed by atoms with E-state index in [1.165, 1.54) is 0 Å². The first kappa shape index (κ1) is 13.7. The zero-order chi connectivity index (χ0) is 14.0. The fourth-order valence-electron chi connectivity index (χ4n) is 1.31. The van der Waals surface area contributed by atoms with Crippen molar-refractivity contribution >= 4 is 17.5 Å². The van der Waals surface area contributed by atoms with Crippen LogP contribution in [-0.2, 0) is 0 Å². The zero-order valence-electron chi connectivity index (χ0n) is 11.4. The number of rotatable bonds is 3. The Labute approximate surface area is 117 Å². The van der Waals surface area contributed by atoms with Crippen molar-refractivity contribution in [2.24, 2.45) is 5.41 Å². The molecule has 2 aromatic rings. The summed E-state index contributed by atoms with van der Waals surface area (Å²) in [5.41, 5.74) is 0.0915. The maximum absolute atomic E-state index is 5.93. The molecule has 0 aliphatic carbocycles. The molecule has 0 fully saturated rings. The second kappa shape index (κ2) is 5.13. The molecule has 1 N–H and O–H groups in total. The van der Waals surface area contributed by atoms with Gasteiger partial charge in [-0.25, -0.2) is 4.98 Å². The standard InChI is InChI=1S/C12H17ClN6/c1-8(12(2,3)4)15-10-16-9(13)17-11(18-10)19-6-5-14-7-19/h5-8H,1-4H3,(H,15,16,17,18). The van der Waals surface area contributed by atoms with Crippen LogP contribution in [0.4, 0.5) is 5.95 Å². The van der Waals surface area contributed by atoms with Crippen LogP contribution in [0.15, 0.2) is 18.7 Å². The molecule has 2 aromatic heterocycles. The second-order valence-electron chi connectivity index (χ2n) is 5.43. The van der Waals surface area contributed by atoms with E-state index in [9.17, 15) is 0 Å². The van der Waals surface area contributed by atoms with Gasteiger partial charge in [-0.2, -0.15) is 15.0 Å². The molecule has 1 unspecified atom stereocenters. The Balaban J connectivity index is 2.28. The summed E-state index contributed by atoms with van der Waals surface area (Å²) >= 11 is 5.93. The number of nitrogens with zero attached hydrogens (tertiary/aromatic N) is 5. The fraction of sp³-hybridized carbons (Fsp3) is 0.500. The largest absolute Gasteiger partial charge is 0.351 e. The van der Waals surface area contributed by atoms with Gasteiger partial charge in [-0.05, 0) is 23.9 Å². The summed E-state index contributed by atoms with van der Waals surface area (Å²) in [7, 11) is 0. The molecule has 102 valence electrons. The molecule has 0 aliphatic rings. The van der Waals surface area contributed by atoms with Gasteiger partial charge in [0.2, 0.25) is 17.2 Å². The quantitative estimate of drug-likeness (QED) is 0.936. The highest BCUT2D eigenvalue weighted by Crippen LogP contribution is 2.22. The number of halogens is 1. The summed E-state index contributed by atoms with van der Waals surface area (Å²) in [5.74, 6) is 0.909. The number of hydrogen-bond acceptors (Lipinski definition) is 5. The third-order valence-corrected chi connectivity index (χ3v) is 3.15. The van der Waals surface area contributed by atoms with Crippen molar-refractivity contribution in [2.45, 2.75) is 33.7 Å². The summed E-state index contributed by atoms with van der Waals surface area (Å²) in [5, 5.41) is 3.40. The van der Waals surface area contributed by atoms with E-state index in [1.807, 2.05) is 0 Å². The van der Waals surface area contributed by atoms with E-state index in [1.54, 1.807) is 23.3 Å². The average Bonchev–Trinajstić information content (AvgIpc) is 2.80. The summed E-state index contributed by atoms with van der Waals surface area (Å²) in [6.45, 7) is 8.51. The Bertz CT molecular complexity index is 546. The molecule has 1 atom stereocenters. The van der Waals surface area contributed by atoms with Gasteiger partial charge >= 0.3 is 0 Å². The maximum Gasteiger partial charge on any atom is 0.241 e. The topological polar surface area (TPSA) is 68.5 Å². The smallest absolute Gasteiger partial charge is 0.241 e. The van der Waals surface area contributed by atoms with Crippen molar-refractivity contribution in [3.63, 3.8) is 0 Å². The fourth-order valence-corrected chi connectivity index (χ4v) is 1.46. The van der Waals surface area contributed by atoms with Gasteiger partial charge in [0.25, 0.3) is 0 Å². The van der Waals surface area contributed by atoms with Gasteiger partial charge < -0.3 is 5.32 Å². The molecule has 0 saturated heterocycles. The molecule has 6 nitrogen and oxygen atoms in total. The molecule has 0 saturated carbocycles. The van der Waals surface area contributed by atoms with Crippen LogP contribution in [-0.4, -0.2) is 30.5 Å². The van der Waals surface area contributed by atoms with Crippen molar-refractivity contribution in [1.29, 1.82) is 0 Å². The minimum atomic E-state index is 0.0915. The minimum Gasteiger partial charge on any atom is -0.351 e. The maximum atomic E-state index is 5.93. The van der Waals surface area contributed by atoms with E-state index in [2.05, 4.69) is 52.9 Å². The van der Waals surface area contributed by atoms with E-state index < -0.39 is 0 Å². The normalized spacial score (nSPS) is 13.3. The van der Waals surface area contributed by atoms with Gasteiger partial charge in [-0.15, -0.1) is 0 Å². The summed E-state index contributed by atoms with van der Waals surface area (Å²) in [6, 6.07) is 0.196. The highest BCUT2D eigenvalue weighted by Gasteiger charge is 2.21. The summed E-state index contributed by atoms with van der Waals surface area (Å²) < 4.78 is 1.68. The predicted molar refractivity (Wildman–Crippen MR) is 74.5 cm³/mol. The van der Waals surface area contributed by atoms with Gasteiger partial charge in [0.15, 0.2) is 0 Å². The van der Waals surface area contributed by atoms with Crippen molar-refractivity contribution in [3.05, 3.63) is 24.0 Å². The van der Waals surface area contributed by atoms with E-state index in [0.717, 1.165) is 0 Å².